The zero-order valence-corrected chi connectivity index (χ0v) is 15.8. The van der Waals surface area contributed by atoms with Crippen molar-refractivity contribution in [3.63, 3.8) is 0 Å². The fraction of sp³-hybridized carbons (Fsp3) is 0.278. The first kappa shape index (κ1) is 18.8. The molecule has 27 heavy (non-hydrogen) atoms. The molecule has 0 fully saturated rings. The Balaban J connectivity index is 1.72. The number of aryl methyl sites for hydroxylation is 1. The van der Waals surface area contributed by atoms with Crippen LogP contribution in [0.3, 0.4) is 0 Å². The summed E-state index contributed by atoms with van der Waals surface area (Å²) in [4.78, 5) is 31.8. The standard InChI is InChI=1S/C18H19N5O3S/c1-3-26-16(25)9-19-15(24)10-27-18-13-8-22-23(17(13)20-11-21-18)14-7-5-4-6-12(14)2/h4-8,11H,3,9-10H2,1-2H3,(H,19,24). The van der Waals surface area contributed by atoms with Gasteiger partial charge in [0.05, 0.1) is 29.6 Å². The highest BCUT2D eigenvalue weighted by Crippen LogP contribution is 2.26. The number of ether oxygens (including phenoxy) is 1. The lowest BCUT2D eigenvalue weighted by Crippen LogP contribution is -2.31. The minimum absolute atomic E-state index is 0.126. The second-order valence-electron chi connectivity index (χ2n) is 5.63. The van der Waals surface area contributed by atoms with Crippen LogP contribution in [0, 0.1) is 6.92 Å². The molecular weight excluding hydrogens is 366 g/mol. The van der Waals surface area contributed by atoms with Gasteiger partial charge in [0, 0.05) is 0 Å². The van der Waals surface area contributed by atoms with E-state index in [0.29, 0.717) is 10.7 Å². The van der Waals surface area contributed by atoms with E-state index in [4.69, 9.17) is 4.74 Å². The SMILES string of the molecule is CCOC(=O)CNC(=O)CSc1ncnc2c1cnn2-c1ccccc1C. The van der Waals surface area contributed by atoms with Crippen molar-refractivity contribution in [3.8, 4) is 5.69 Å². The van der Waals surface area contributed by atoms with Crippen LogP contribution < -0.4 is 5.32 Å². The van der Waals surface area contributed by atoms with Gasteiger partial charge in [0.25, 0.3) is 0 Å². The number of hydrogen-bond acceptors (Lipinski definition) is 7. The average Bonchev–Trinajstić information content (AvgIpc) is 3.10. The third kappa shape index (κ3) is 4.43. The molecule has 0 atom stereocenters. The molecule has 140 valence electrons. The maximum atomic E-state index is 11.9. The van der Waals surface area contributed by atoms with Crippen LogP contribution in [0.25, 0.3) is 16.7 Å². The summed E-state index contributed by atoms with van der Waals surface area (Å²) < 4.78 is 6.54. The lowest BCUT2D eigenvalue weighted by molar-refractivity contribution is -0.143. The maximum Gasteiger partial charge on any atom is 0.325 e. The van der Waals surface area contributed by atoms with E-state index in [9.17, 15) is 9.59 Å². The summed E-state index contributed by atoms with van der Waals surface area (Å²) in [6.07, 6.45) is 3.15. The van der Waals surface area contributed by atoms with Crippen molar-refractivity contribution in [2.45, 2.75) is 18.9 Å². The summed E-state index contributed by atoms with van der Waals surface area (Å²) in [5.41, 5.74) is 2.69. The van der Waals surface area contributed by atoms with Crippen LogP contribution in [0.4, 0.5) is 0 Å². The number of amides is 1. The number of carbonyl (C=O) groups excluding carboxylic acids is 2. The predicted octanol–water partition coefficient (Wildman–Crippen LogP) is 1.90. The summed E-state index contributed by atoms with van der Waals surface area (Å²) in [7, 11) is 0. The number of nitrogens with zero attached hydrogens (tertiary/aromatic N) is 4. The second kappa shape index (κ2) is 8.63. The number of hydrogen-bond donors (Lipinski definition) is 1. The molecule has 9 heteroatoms. The minimum Gasteiger partial charge on any atom is -0.465 e. The van der Waals surface area contributed by atoms with Gasteiger partial charge in [-0.15, -0.1) is 0 Å². The molecule has 0 unspecified atom stereocenters. The summed E-state index contributed by atoms with van der Waals surface area (Å²) >= 11 is 1.27. The van der Waals surface area contributed by atoms with E-state index in [1.54, 1.807) is 17.8 Å². The minimum atomic E-state index is -0.459. The van der Waals surface area contributed by atoms with Gasteiger partial charge in [-0.05, 0) is 25.5 Å². The van der Waals surface area contributed by atoms with Gasteiger partial charge in [-0.3, -0.25) is 9.59 Å². The Morgan fingerprint density at radius 2 is 2.07 bits per heavy atom. The molecule has 1 aromatic carbocycles. The van der Waals surface area contributed by atoms with Crippen molar-refractivity contribution >= 4 is 34.7 Å². The van der Waals surface area contributed by atoms with Crippen LogP contribution >= 0.6 is 11.8 Å². The largest absolute Gasteiger partial charge is 0.465 e. The highest BCUT2D eigenvalue weighted by Gasteiger charge is 2.14. The topological polar surface area (TPSA) is 99.0 Å². The van der Waals surface area contributed by atoms with E-state index in [2.05, 4.69) is 20.4 Å². The number of carbonyl (C=O) groups is 2. The number of esters is 1. The van der Waals surface area contributed by atoms with Crippen LogP contribution in [-0.4, -0.2) is 50.5 Å². The Hall–Kier alpha value is -2.94. The predicted molar refractivity (Wildman–Crippen MR) is 102 cm³/mol. The molecule has 1 amide bonds. The Bertz CT molecular complexity index is 973. The molecule has 2 aromatic heterocycles. The summed E-state index contributed by atoms with van der Waals surface area (Å²) in [5.74, 6) is -0.605. The number of fused-ring (bicyclic) bond motifs is 1. The first-order chi connectivity index (χ1) is 13.1. The van der Waals surface area contributed by atoms with Gasteiger partial charge >= 0.3 is 5.97 Å². The molecule has 0 spiro atoms. The van der Waals surface area contributed by atoms with E-state index in [-0.39, 0.29) is 24.8 Å². The molecule has 3 rings (SSSR count). The van der Waals surface area contributed by atoms with Crippen molar-refractivity contribution in [2.75, 3.05) is 18.9 Å². The van der Waals surface area contributed by atoms with Gasteiger partial charge in [0.1, 0.15) is 17.9 Å². The fourth-order valence-electron chi connectivity index (χ4n) is 2.48. The molecule has 0 saturated heterocycles. The van der Waals surface area contributed by atoms with E-state index in [1.807, 2.05) is 31.2 Å². The van der Waals surface area contributed by atoms with Crippen molar-refractivity contribution in [1.29, 1.82) is 0 Å². The summed E-state index contributed by atoms with van der Waals surface area (Å²) in [6, 6.07) is 7.89. The van der Waals surface area contributed by atoms with Crippen LogP contribution in [0.2, 0.25) is 0 Å². The number of nitrogens with one attached hydrogen (secondary N) is 1. The Morgan fingerprint density at radius 1 is 1.26 bits per heavy atom. The van der Waals surface area contributed by atoms with E-state index in [1.165, 1.54) is 18.1 Å². The van der Waals surface area contributed by atoms with Crippen molar-refractivity contribution in [3.05, 3.63) is 42.4 Å². The quantitative estimate of drug-likeness (QED) is 0.377. The number of rotatable bonds is 7. The van der Waals surface area contributed by atoms with Gasteiger partial charge in [-0.1, -0.05) is 30.0 Å². The lowest BCUT2D eigenvalue weighted by Gasteiger charge is -2.07. The molecule has 0 bridgehead atoms. The molecule has 8 nitrogen and oxygen atoms in total. The summed E-state index contributed by atoms with van der Waals surface area (Å²) in [5, 5.41) is 8.38. The van der Waals surface area contributed by atoms with E-state index >= 15 is 0 Å². The number of aromatic nitrogens is 4. The zero-order chi connectivity index (χ0) is 19.2. The molecule has 0 saturated carbocycles. The molecular formula is C18H19N5O3S. The Kier molecular flexibility index (Phi) is 6.02. The molecule has 0 aliphatic carbocycles. The Labute approximate surface area is 160 Å². The smallest absolute Gasteiger partial charge is 0.325 e. The normalized spacial score (nSPS) is 10.7. The molecule has 2 heterocycles. The van der Waals surface area contributed by atoms with E-state index in [0.717, 1.165) is 16.6 Å². The molecule has 0 aliphatic heterocycles. The lowest BCUT2D eigenvalue weighted by atomic mass is 10.2. The van der Waals surface area contributed by atoms with Gasteiger partial charge in [-0.25, -0.2) is 14.6 Å². The van der Waals surface area contributed by atoms with Gasteiger partial charge in [-0.2, -0.15) is 5.10 Å². The van der Waals surface area contributed by atoms with Gasteiger partial charge in [0.2, 0.25) is 5.91 Å². The maximum absolute atomic E-state index is 11.9. The second-order valence-corrected chi connectivity index (χ2v) is 6.59. The first-order valence-corrected chi connectivity index (χ1v) is 9.38. The average molecular weight is 385 g/mol. The monoisotopic (exact) mass is 385 g/mol. The van der Waals surface area contributed by atoms with Crippen LogP contribution in [0.1, 0.15) is 12.5 Å². The number of para-hydroxylation sites is 1. The van der Waals surface area contributed by atoms with Crippen LogP contribution in [-0.2, 0) is 14.3 Å². The summed E-state index contributed by atoms with van der Waals surface area (Å²) in [6.45, 7) is 3.87. The van der Waals surface area contributed by atoms with Crippen molar-refractivity contribution < 1.29 is 14.3 Å². The van der Waals surface area contributed by atoms with Crippen LogP contribution in [0.5, 0.6) is 0 Å². The third-order valence-electron chi connectivity index (χ3n) is 3.75. The third-order valence-corrected chi connectivity index (χ3v) is 4.75. The van der Waals surface area contributed by atoms with Crippen molar-refractivity contribution in [2.24, 2.45) is 0 Å². The molecule has 0 aliphatic rings. The van der Waals surface area contributed by atoms with E-state index < -0.39 is 5.97 Å². The van der Waals surface area contributed by atoms with Gasteiger partial charge < -0.3 is 10.1 Å². The van der Waals surface area contributed by atoms with Gasteiger partial charge in [0.15, 0.2) is 5.65 Å². The highest BCUT2D eigenvalue weighted by atomic mass is 32.2. The van der Waals surface area contributed by atoms with Crippen molar-refractivity contribution in [1.82, 2.24) is 25.1 Å². The number of thioether (sulfide) groups is 1. The Morgan fingerprint density at radius 3 is 2.85 bits per heavy atom. The highest BCUT2D eigenvalue weighted by molar-refractivity contribution is 8.00. The molecule has 1 N–H and O–H groups in total. The zero-order valence-electron chi connectivity index (χ0n) is 15.0. The first-order valence-electron chi connectivity index (χ1n) is 8.40. The number of benzene rings is 1. The molecule has 0 radical (unpaired) electrons. The fourth-order valence-corrected chi connectivity index (χ4v) is 3.27. The van der Waals surface area contributed by atoms with Crippen LogP contribution in [0.15, 0.2) is 41.8 Å². The molecule has 3 aromatic rings.